The van der Waals surface area contributed by atoms with Gasteiger partial charge < -0.3 is 4.52 Å². The maximum Gasteiger partial charge on any atom is 0.241 e. The van der Waals surface area contributed by atoms with Gasteiger partial charge in [0.2, 0.25) is 11.7 Å². The molecule has 1 heterocycles. The first-order valence-corrected chi connectivity index (χ1v) is 9.57. The fourth-order valence-corrected chi connectivity index (χ4v) is 3.45. The summed E-state index contributed by atoms with van der Waals surface area (Å²) in [5.74, 6) is 0.760. The first-order valence-electron chi connectivity index (χ1n) is 9.19. The van der Waals surface area contributed by atoms with Crippen molar-refractivity contribution < 1.29 is 8.91 Å². The van der Waals surface area contributed by atoms with Crippen LogP contribution in [0.25, 0.3) is 11.4 Å². The van der Waals surface area contributed by atoms with Gasteiger partial charge in [-0.3, -0.25) is 4.90 Å². The lowest BCUT2D eigenvalue weighted by atomic mass is 9.97. The molecule has 0 amide bonds. The summed E-state index contributed by atoms with van der Waals surface area (Å²) in [6.45, 7) is 0.442. The lowest BCUT2D eigenvalue weighted by molar-refractivity contribution is 0.229. The van der Waals surface area contributed by atoms with Crippen LogP contribution in [0.2, 0.25) is 5.02 Å². The van der Waals surface area contributed by atoms with Gasteiger partial charge in [-0.1, -0.05) is 59.2 Å². The van der Waals surface area contributed by atoms with E-state index in [4.69, 9.17) is 16.1 Å². The summed E-state index contributed by atoms with van der Waals surface area (Å²) < 4.78 is 18.9. The minimum atomic E-state index is -0.257. The van der Waals surface area contributed by atoms with Crippen LogP contribution in [0.1, 0.15) is 23.1 Å². The highest BCUT2D eigenvalue weighted by Crippen LogP contribution is 2.29. The highest BCUT2D eigenvalue weighted by molar-refractivity contribution is 6.30. The Kier molecular flexibility index (Phi) is 5.69. The van der Waals surface area contributed by atoms with Gasteiger partial charge in [0.05, 0.1) is 12.6 Å². The second-order valence-electron chi connectivity index (χ2n) is 6.80. The van der Waals surface area contributed by atoms with E-state index in [0.717, 1.165) is 16.7 Å². The van der Waals surface area contributed by atoms with Gasteiger partial charge in [-0.25, -0.2) is 4.39 Å². The maximum absolute atomic E-state index is 13.4. The lowest BCUT2D eigenvalue weighted by Gasteiger charge is -2.27. The quantitative estimate of drug-likeness (QED) is 0.408. The van der Waals surface area contributed by atoms with Crippen molar-refractivity contribution in [1.82, 2.24) is 15.0 Å². The highest BCUT2D eigenvalue weighted by Gasteiger charge is 2.21. The summed E-state index contributed by atoms with van der Waals surface area (Å²) in [4.78, 5) is 6.61. The van der Waals surface area contributed by atoms with E-state index in [-0.39, 0.29) is 11.9 Å². The minimum absolute atomic E-state index is 0.0809. The Balaban J connectivity index is 1.59. The summed E-state index contributed by atoms with van der Waals surface area (Å²) in [7, 11) is 1.98. The third-order valence-corrected chi connectivity index (χ3v) is 4.95. The first kappa shape index (κ1) is 19.3. The van der Waals surface area contributed by atoms with E-state index in [0.29, 0.717) is 23.3 Å². The van der Waals surface area contributed by atoms with Crippen molar-refractivity contribution in [1.29, 1.82) is 0 Å². The summed E-state index contributed by atoms with van der Waals surface area (Å²) in [6.07, 6.45) is 0. The van der Waals surface area contributed by atoms with Gasteiger partial charge in [-0.05, 0) is 54.6 Å². The topological polar surface area (TPSA) is 42.2 Å². The average molecular weight is 408 g/mol. The Labute approximate surface area is 173 Å². The molecule has 0 N–H and O–H groups in total. The molecule has 146 valence electrons. The van der Waals surface area contributed by atoms with Gasteiger partial charge in [0.25, 0.3) is 0 Å². The van der Waals surface area contributed by atoms with Crippen molar-refractivity contribution in [3.05, 3.63) is 107 Å². The molecule has 29 heavy (non-hydrogen) atoms. The Morgan fingerprint density at radius 2 is 1.59 bits per heavy atom. The molecule has 0 bridgehead atoms. The summed E-state index contributed by atoms with van der Waals surface area (Å²) in [5.41, 5.74) is 2.92. The van der Waals surface area contributed by atoms with E-state index in [2.05, 4.69) is 27.2 Å². The van der Waals surface area contributed by atoms with Gasteiger partial charge in [-0.2, -0.15) is 4.98 Å². The first-order chi connectivity index (χ1) is 14.1. The van der Waals surface area contributed by atoms with Gasteiger partial charge in [0.1, 0.15) is 5.82 Å². The Bertz CT molecular complexity index is 1070. The van der Waals surface area contributed by atoms with Gasteiger partial charge in [0, 0.05) is 10.6 Å². The third kappa shape index (κ3) is 4.53. The molecule has 4 nitrogen and oxygen atoms in total. The van der Waals surface area contributed by atoms with Crippen molar-refractivity contribution in [3.8, 4) is 11.4 Å². The van der Waals surface area contributed by atoms with Crippen LogP contribution in [0.4, 0.5) is 4.39 Å². The van der Waals surface area contributed by atoms with Crippen molar-refractivity contribution >= 4 is 11.6 Å². The fraction of sp³-hybridized carbons (Fsp3) is 0.130. The Morgan fingerprint density at radius 1 is 0.931 bits per heavy atom. The normalized spacial score (nSPS) is 12.3. The standard InChI is InChI=1S/C23H19ClFN3O/c1-28(15-21-26-23(27-29-21)18-7-11-19(24)12-8-18)22(16-5-3-2-4-6-16)17-9-13-20(25)14-10-17/h2-14,22H,15H2,1H3. The number of aromatic nitrogens is 2. The predicted octanol–water partition coefficient (Wildman–Crippen LogP) is 5.75. The van der Waals surface area contributed by atoms with Gasteiger partial charge in [0.15, 0.2) is 0 Å². The predicted molar refractivity (Wildman–Crippen MR) is 111 cm³/mol. The molecule has 6 heteroatoms. The van der Waals surface area contributed by atoms with E-state index < -0.39 is 0 Å². The Morgan fingerprint density at radius 3 is 2.28 bits per heavy atom. The number of nitrogens with zero attached hydrogens (tertiary/aromatic N) is 3. The molecule has 1 unspecified atom stereocenters. The van der Waals surface area contributed by atoms with Gasteiger partial charge in [-0.15, -0.1) is 0 Å². The molecule has 0 aliphatic heterocycles. The maximum atomic E-state index is 13.4. The number of halogens is 2. The molecular formula is C23H19ClFN3O. The number of hydrogen-bond acceptors (Lipinski definition) is 4. The highest BCUT2D eigenvalue weighted by atomic mass is 35.5. The average Bonchev–Trinajstić information content (AvgIpc) is 3.19. The zero-order valence-electron chi connectivity index (χ0n) is 15.8. The lowest BCUT2D eigenvalue weighted by Crippen LogP contribution is -2.25. The Hall–Kier alpha value is -3.02. The summed E-state index contributed by atoms with van der Waals surface area (Å²) >= 11 is 5.94. The fourth-order valence-electron chi connectivity index (χ4n) is 3.32. The number of rotatable bonds is 6. The van der Waals surface area contributed by atoms with Crippen LogP contribution in [-0.4, -0.2) is 22.1 Å². The van der Waals surface area contributed by atoms with E-state index in [1.54, 1.807) is 24.3 Å². The van der Waals surface area contributed by atoms with E-state index in [1.165, 1.54) is 12.1 Å². The molecule has 0 aliphatic rings. The van der Waals surface area contributed by atoms with Crippen molar-refractivity contribution in [3.63, 3.8) is 0 Å². The zero-order valence-corrected chi connectivity index (χ0v) is 16.6. The molecule has 3 aromatic carbocycles. The molecule has 0 fully saturated rings. The molecule has 0 saturated carbocycles. The second kappa shape index (κ2) is 8.55. The van der Waals surface area contributed by atoms with E-state index in [9.17, 15) is 4.39 Å². The van der Waals surface area contributed by atoms with Crippen molar-refractivity contribution in [2.45, 2.75) is 12.6 Å². The van der Waals surface area contributed by atoms with Crippen LogP contribution in [0.5, 0.6) is 0 Å². The molecule has 0 spiro atoms. The third-order valence-electron chi connectivity index (χ3n) is 4.70. The van der Waals surface area contributed by atoms with Crippen LogP contribution < -0.4 is 0 Å². The molecule has 1 atom stereocenters. The molecule has 1 aromatic heterocycles. The molecule has 4 aromatic rings. The molecule has 0 aliphatic carbocycles. The minimum Gasteiger partial charge on any atom is -0.338 e. The number of benzene rings is 3. The molecule has 4 rings (SSSR count). The number of hydrogen-bond donors (Lipinski definition) is 0. The SMILES string of the molecule is CN(Cc1nc(-c2ccc(Cl)cc2)no1)C(c1ccccc1)c1ccc(F)cc1. The van der Waals surface area contributed by atoms with Crippen molar-refractivity contribution in [2.75, 3.05) is 7.05 Å². The van der Waals surface area contributed by atoms with Crippen LogP contribution in [0.3, 0.4) is 0 Å². The zero-order chi connectivity index (χ0) is 20.2. The monoisotopic (exact) mass is 407 g/mol. The molecular weight excluding hydrogens is 389 g/mol. The largest absolute Gasteiger partial charge is 0.338 e. The molecule has 0 radical (unpaired) electrons. The van der Waals surface area contributed by atoms with Crippen LogP contribution in [-0.2, 0) is 6.54 Å². The summed E-state index contributed by atoms with van der Waals surface area (Å²) in [5, 5.41) is 4.73. The van der Waals surface area contributed by atoms with Crippen molar-refractivity contribution in [2.24, 2.45) is 0 Å². The second-order valence-corrected chi connectivity index (χ2v) is 7.23. The van der Waals surface area contributed by atoms with Crippen LogP contribution in [0, 0.1) is 5.82 Å². The molecule has 0 saturated heterocycles. The van der Waals surface area contributed by atoms with Crippen LogP contribution >= 0.6 is 11.6 Å². The van der Waals surface area contributed by atoms with Crippen LogP contribution in [0.15, 0.2) is 83.4 Å². The van der Waals surface area contributed by atoms with Gasteiger partial charge >= 0.3 is 0 Å². The van der Waals surface area contributed by atoms with E-state index in [1.807, 2.05) is 37.4 Å². The van der Waals surface area contributed by atoms with E-state index >= 15 is 0 Å². The summed E-state index contributed by atoms with van der Waals surface area (Å²) in [6, 6.07) is 23.8. The smallest absolute Gasteiger partial charge is 0.241 e.